The highest BCUT2D eigenvalue weighted by molar-refractivity contribution is 14.1. The summed E-state index contributed by atoms with van der Waals surface area (Å²) < 4.78 is 12.5. The second-order valence-electron chi connectivity index (χ2n) is 7.78. The number of carbonyl (C=O) groups excluding carboxylic acids is 2. The smallest absolute Gasteiger partial charge is 0.174 e. The molecule has 0 aromatic heterocycles. The summed E-state index contributed by atoms with van der Waals surface area (Å²) in [6.45, 7) is 2.68. The van der Waals surface area contributed by atoms with Crippen LogP contribution in [0.15, 0.2) is 34.7 Å². The van der Waals surface area contributed by atoms with Crippen molar-refractivity contribution in [2.75, 3.05) is 13.7 Å². The lowest BCUT2D eigenvalue weighted by Gasteiger charge is -2.37. The van der Waals surface area contributed by atoms with Gasteiger partial charge in [0.1, 0.15) is 0 Å². The van der Waals surface area contributed by atoms with E-state index in [4.69, 9.17) is 9.47 Å². The molecular weight excluding hydrogens is 481 g/mol. The third-order valence-corrected chi connectivity index (χ3v) is 6.63. The van der Waals surface area contributed by atoms with Crippen LogP contribution in [0.1, 0.15) is 63.4 Å². The number of halogens is 1. The Morgan fingerprint density at radius 3 is 2.21 bits per heavy atom. The topological polar surface area (TPSA) is 64.6 Å². The first kappa shape index (κ1) is 20.4. The zero-order chi connectivity index (χ0) is 20.5. The molecule has 2 aliphatic carbocycles. The van der Waals surface area contributed by atoms with E-state index in [1.165, 1.54) is 0 Å². The van der Waals surface area contributed by atoms with Gasteiger partial charge in [-0.25, -0.2) is 0 Å². The van der Waals surface area contributed by atoms with Crippen molar-refractivity contribution in [3.63, 3.8) is 0 Å². The van der Waals surface area contributed by atoms with Gasteiger partial charge in [0.15, 0.2) is 23.1 Å². The van der Waals surface area contributed by atoms with E-state index in [9.17, 15) is 9.59 Å². The van der Waals surface area contributed by atoms with Crippen LogP contribution in [-0.2, 0) is 9.59 Å². The van der Waals surface area contributed by atoms with Gasteiger partial charge in [-0.2, -0.15) is 0 Å². The summed E-state index contributed by atoms with van der Waals surface area (Å²) in [5.74, 6) is 1.35. The van der Waals surface area contributed by atoms with E-state index in [2.05, 4.69) is 34.8 Å². The second-order valence-corrected chi connectivity index (χ2v) is 8.94. The summed E-state index contributed by atoms with van der Waals surface area (Å²) in [7, 11) is 1.63. The van der Waals surface area contributed by atoms with Crippen molar-refractivity contribution < 1.29 is 19.1 Å². The van der Waals surface area contributed by atoms with Gasteiger partial charge in [-0.3, -0.25) is 9.59 Å². The minimum atomic E-state index is -0.315. The van der Waals surface area contributed by atoms with Crippen molar-refractivity contribution in [3.8, 4) is 11.5 Å². The largest absolute Gasteiger partial charge is 0.493 e. The number of nitrogens with one attached hydrogen (secondary N) is 1. The van der Waals surface area contributed by atoms with Crippen molar-refractivity contribution in [2.24, 2.45) is 0 Å². The van der Waals surface area contributed by atoms with Crippen molar-refractivity contribution >= 4 is 34.2 Å². The molecule has 0 saturated carbocycles. The number of Topliss-reactive ketones (excluding diaryl/α,β-unsaturated/α-hetero) is 2. The number of hydrogen-bond donors (Lipinski definition) is 1. The maximum Gasteiger partial charge on any atom is 0.174 e. The number of rotatable bonds is 5. The molecule has 0 saturated heterocycles. The predicted octanol–water partition coefficient (Wildman–Crippen LogP) is 4.79. The zero-order valence-electron chi connectivity index (χ0n) is 16.9. The van der Waals surface area contributed by atoms with E-state index < -0.39 is 0 Å². The first-order valence-electron chi connectivity index (χ1n) is 10.3. The molecule has 0 unspecified atom stereocenters. The van der Waals surface area contributed by atoms with E-state index in [0.29, 0.717) is 25.2 Å². The monoisotopic (exact) mass is 507 g/mol. The van der Waals surface area contributed by atoms with E-state index >= 15 is 0 Å². The van der Waals surface area contributed by atoms with E-state index in [0.717, 1.165) is 69.5 Å². The van der Waals surface area contributed by atoms with Gasteiger partial charge in [-0.1, -0.05) is 6.92 Å². The fourth-order valence-corrected chi connectivity index (χ4v) is 5.35. The van der Waals surface area contributed by atoms with Crippen molar-refractivity contribution in [2.45, 2.75) is 57.8 Å². The molecule has 1 heterocycles. The maximum absolute atomic E-state index is 13.0. The van der Waals surface area contributed by atoms with Gasteiger partial charge in [0.25, 0.3) is 0 Å². The molecule has 0 radical (unpaired) electrons. The number of hydrogen-bond acceptors (Lipinski definition) is 5. The van der Waals surface area contributed by atoms with Crippen LogP contribution < -0.4 is 14.8 Å². The van der Waals surface area contributed by atoms with Crippen molar-refractivity contribution in [1.82, 2.24) is 5.32 Å². The van der Waals surface area contributed by atoms with Gasteiger partial charge in [0.2, 0.25) is 0 Å². The third kappa shape index (κ3) is 3.71. The van der Waals surface area contributed by atoms with Gasteiger partial charge in [-0.15, -0.1) is 0 Å². The molecule has 4 rings (SSSR count). The molecule has 1 aromatic carbocycles. The average Bonchev–Trinajstić information content (AvgIpc) is 2.71. The van der Waals surface area contributed by atoms with E-state index in [1.54, 1.807) is 7.11 Å². The van der Waals surface area contributed by atoms with Crippen molar-refractivity contribution in [3.05, 3.63) is 43.8 Å². The molecule has 154 valence electrons. The number of benzene rings is 1. The summed E-state index contributed by atoms with van der Waals surface area (Å²) in [5.41, 5.74) is 4.47. The molecule has 0 bridgehead atoms. The summed E-state index contributed by atoms with van der Waals surface area (Å²) in [6.07, 6.45) is 5.42. The van der Waals surface area contributed by atoms with Gasteiger partial charge in [0.05, 0.1) is 17.3 Å². The Labute approximate surface area is 185 Å². The average molecular weight is 507 g/mol. The summed E-state index contributed by atoms with van der Waals surface area (Å²) >= 11 is 2.25. The summed E-state index contributed by atoms with van der Waals surface area (Å²) in [6, 6.07) is 3.99. The first-order chi connectivity index (χ1) is 14.0. The van der Waals surface area contributed by atoms with Crippen LogP contribution in [-0.4, -0.2) is 25.3 Å². The van der Waals surface area contributed by atoms with Crippen LogP contribution in [0.4, 0.5) is 0 Å². The number of carbonyl (C=O) groups is 2. The Morgan fingerprint density at radius 2 is 1.66 bits per heavy atom. The fraction of sp³-hybridized carbons (Fsp3) is 0.478. The minimum Gasteiger partial charge on any atom is -0.493 e. The number of dihydropyridines is 1. The molecule has 0 amide bonds. The van der Waals surface area contributed by atoms with Crippen LogP contribution in [0.3, 0.4) is 0 Å². The molecule has 5 nitrogen and oxygen atoms in total. The molecular formula is C23H26INO4. The zero-order valence-corrected chi connectivity index (χ0v) is 19.1. The van der Waals surface area contributed by atoms with Crippen LogP contribution in [0.2, 0.25) is 0 Å². The highest BCUT2D eigenvalue weighted by Crippen LogP contribution is 2.47. The lowest BCUT2D eigenvalue weighted by molar-refractivity contribution is -0.116. The van der Waals surface area contributed by atoms with Crippen molar-refractivity contribution in [1.29, 1.82) is 0 Å². The standard InChI is InChI=1S/C23H26INO4/c1-3-10-29-23-14(24)11-13(12-19(23)28-2)20-21-15(6-4-8-17(21)26)25-16-7-5-9-18(27)22(16)20/h11-12,20,25H,3-10H2,1-2H3. The number of ketones is 2. The molecule has 0 fully saturated rings. The summed E-state index contributed by atoms with van der Waals surface area (Å²) in [4.78, 5) is 25.9. The van der Waals surface area contributed by atoms with E-state index in [-0.39, 0.29) is 17.5 Å². The molecule has 1 N–H and O–H groups in total. The quantitative estimate of drug-likeness (QED) is 0.581. The lowest BCUT2D eigenvalue weighted by atomic mass is 9.71. The molecule has 1 aliphatic heterocycles. The number of ether oxygens (including phenoxy) is 2. The Morgan fingerprint density at radius 1 is 1.03 bits per heavy atom. The van der Waals surface area contributed by atoms with Crippen LogP contribution in [0.5, 0.6) is 11.5 Å². The predicted molar refractivity (Wildman–Crippen MR) is 119 cm³/mol. The number of methoxy groups -OCH3 is 1. The normalized spacial score (nSPS) is 19.7. The SMILES string of the molecule is CCCOc1c(I)cc(C2C3=C(CCCC3=O)NC3=C2C(=O)CCC3)cc1OC. The van der Waals surface area contributed by atoms with E-state index in [1.807, 2.05) is 12.1 Å². The second kappa shape index (κ2) is 8.50. The maximum atomic E-state index is 13.0. The Balaban J connectivity index is 1.87. The number of allylic oxidation sites excluding steroid dienone is 4. The highest BCUT2D eigenvalue weighted by atomic mass is 127. The minimum absolute atomic E-state index is 0.147. The Kier molecular flexibility index (Phi) is 5.99. The Hall–Kier alpha value is -1.83. The molecule has 0 spiro atoms. The van der Waals surface area contributed by atoms with Crippen LogP contribution in [0, 0.1) is 3.57 Å². The lowest BCUT2D eigenvalue weighted by Crippen LogP contribution is -2.36. The first-order valence-corrected chi connectivity index (χ1v) is 11.4. The molecule has 1 aromatic rings. The van der Waals surface area contributed by atoms with Gasteiger partial charge in [-0.05, 0) is 72.4 Å². The fourth-order valence-electron chi connectivity index (χ4n) is 4.57. The molecule has 3 aliphatic rings. The van der Waals surface area contributed by atoms with Gasteiger partial charge in [0, 0.05) is 41.3 Å². The molecule has 29 heavy (non-hydrogen) atoms. The third-order valence-electron chi connectivity index (χ3n) is 5.83. The highest BCUT2D eigenvalue weighted by Gasteiger charge is 2.40. The van der Waals surface area contributed by atoms with Crippen LogP contribution >= 0.6 is 22.6 Å². The molecule has 0 atom stereocenters. The van der Waals surface area contributed by atoms with Gasteiger partial charge >= 0.3 is 0 Å². The van der Waals surface area contributed by atoms with Gasteiger partial charge < -0.3 is 14.8 Å². The molecule has 6 heteroatoms. The Bertz CT molecular complexity index is 889. The van der Waals surface area contributed by atoms with Crippen LogP contribution in [0.25, 0.3) is 0 Å². The summed E-state index contributed by atoms with van der Waals surface area (Å²) in [5, 5.41) is 3.46.